The summed E-state index contributed by atoms with van der Waals surface area (Å²) in [7, 11) is 1.73. The highest BCUT2D eigenvalue weighted by Crippen LogP contribution is 2.36. The van der Waals surface area contributed by atoms with E-state index in [1.54, 1.807) is 97.1 Å². The molecule has 2 aliphatic heterocycles. The third kappa shape index (κ3) is 23.5. The SMILES string of the molecule is CCCCCCCCCCS(=O)(=O)N[C@H]1C(COCc2ccc(OC)cc2)OCC(NC(=O)Nc2cccc(C(F)(F)F)c2)[C@H]1O[C@@H]1OC(COCc2ccc(OC)cc2)[C@@H](OCc2ccc(OC)cc2)[C@H](OCc2ccc(OC)cc2)C1NC(=O)Nc1cccc(C(F)(F)F)c1. The maximum atomic E-state index is 14.8. The molecule has 4 amide bonds. The van der Waals surface area contributed by atoms with Crippen LogP contribution in [0.3, 0.4) is 0 Å². The molecular formula is C70H85F6N5O15S. The number of hydrogen-bond donors (Lipinski definition) is 5. The van der Waals surface area contributed by atoms with Crippen molar-refractivity contribution in [2.24, 2.45) is 0 Å². The van der Waals surface area contributed by atoms with Crippen LogP contribution in [0.2, 0.25) is 0 Å². The Morgan fingerprint density at radius 3 is 1.38 bits per heavy atom. The number of benzene rings is 6. The number of carbonyl (C=O) groups excluding carboxylic acids is 2. The number of nitrogens with one attached hydrogen (secondary N) is 5. The van der Waals surface area contributed by atoms with Gasteiger partial charge < -0.3 is 73.4 Å². The van der Waals surface area contributed by atoms with Crippen molar-refractivity contribution < 1.29 is 96.5 Å². The first kappa shape index (κ1) is 75.0. The number of hydrogen-bond acceptors (Lipinski definition) is 15. The van der Waals surface area contributed by atoms with Gasteiger partial charge in [-0.15, -0.1) is 0 Å². The summed E-state index contributed by atoms with van der Waals surface area (Å²) in [5.74, 6) is 1.90. The predicted octanol–water partition coefficient (Wildman–Crippen LogP) is 13.0. The smallest absolute Gasteiger partial charge is 0.416 e. The molecule has 2 saturated heterocycles. The summed E-state index contributed by atoms with van der Waals surface area (Å²) < 4.78 is 186. The molecule has 4 unspecified atom stereocenters. The van der Waals surface area contributed by atoms with E-state index in [-0.39, 0.29) is 63.2 Å². The van der Waals surface area contributed by atoms with Crippen molar-refractivity contribution in [2.75, 3.05) is 64.6 Å². The van der Waals surface area contributed by atoms with Crippen molar-refractivity contribution in [2.45, 2.75) is 152 Å². The summed E-state index contributed by atoms with van der Waals surface area (Å²) in [6.07, 6.45) is -11.4. The molecule has 27 heteroatoms. The van der Waals surface area contributed by atoms with Crippen LogP contribution in [0.5, 0.6) is 23.0 Å². The van der Waals surface area contributed by atoms with Crippen molar-refractivity contribution in [1.82, 2.24) is 15.4 Å². The van der Waals surface area contributed by atoms with Gasteiger partial charge in [0, 0.05) is 11.4 Å². The van der Waals surface area contributed by atoms with Crippen LogP contribution in [-0.4, -0.2) is 129 Å². The zero-order chi connectivity index (χ0) is 69.4. The summed E-state index contributed by atoms with van der Waals surface area (Å²) in [5, 5.41) is 10.6. The number of halogens is 6. The molecule has 0 bridgehead atoms. The molecule has 0 aliphatic carbocycles. The molecule has 97 heavy (non-hydrogen) atoms. The lowest BCUT2D eigenvalue weighted by molar-refractivity contribution is -0.308. The van der Waals surface area contributed by atoms with Gasteiger partial charge in [0.25, 0.3) is 0 Å². The molecule has 6 aromatic carbocycles. The maximum absolute atomic E-state index is 14.8. The lowest BCUT2D eigenvalue weighted by atomic mass is 9.93. The molecule has 6 aromatic rings. The second-order valence-corrected chi connectivity index (χ2v) is 25.3. The minimum absolute atomic E-state index is 0.00374. The van der Waals surface area contributed by atoms with Crippen LogP contribution < -0.4 is 44.9 Å². The molecule has 0 spiro atoms. The van der Waals surface area contributed by atoms with Gasteiger partial charge in [-0.2, -0.15) is 26.3 Å². The van der Waals surface area contributed by atoms with Crippen LogP contribution >= 0.6 is 0 Å². The van der Waals surface area contributed by atoms with Crippen LogP contribution in [0.1, 0.15) is 91.7 Å². The lowest BCUT2D eigenvalue weighted by Gasteiger charge is -2.49. The van der Waals surface area contributed by atoms with Crippen molar-refractivity contribution in [3.05, 3.63) is 179 Å². The van der Waals surface area contributed by atoms with Crippen LogP contribution in [-0.2, 0) is 82.0 Å². The molecule has 2 fully saturated rings. The van der Waals surface area contributed by atoms with Gasteiger partial charge in [-0.1, -0.05) is 113 Å². The number of carbonyl (C=O) groups is 2. The van der Waals surface area contributed by atoms with Crippen LogP contribution in [0.15, 0.2) is 146 Å². The number of alkyl halides is 6. The Morgan fingerprint density at radius 1 is 0.505 bits per heavy atom. The monoisotopic (exact) mass is 1380 g/mol. The third-order valence-corrected chi connectivity index (χ3v) is 17.8. The van der Waals surface area contributed by atoms with Crippen molar-refractivity contribution in [1.29, 1.82) is 0 Å². The van der Waals surface area contributed by atoms with Crippen molar-refractivity contribution in [3.8, 4) is 23.0 Å². The van der Waals surface area contributed by atoms with Gasteiger partial charge in [0.05, 0.1) is 110 Å². The molecular weight excluding hydrogens is 1300 g/mol. The Morgan fingerprint density at radius 2 is 0.928 bits per heavy atom. The molecule has 2 aliphatic rings. The standard InChI is InChI=1S/C70H85F6N5O15S/c1-6-7-8-9-10-11-12-13-36-97(84,85)81-61-59(44-90-39-46-20-28-54(86-2)29-21-46)92-43-58(79-67(82)77-52-18-14-16-50(37-52)69(71,72)73)63(61)96-66-62(80-68(83)78-53-19-15-17-51(38-53)70(74,75)76)65(94-42-49-26-34-57(89-5)35-27-49)64(93-41-48-24-32-56(88-4)33-25-48)60(95-66)45-91-40-47-22-30-55(87-3)31-23-47/h14-35,37-38,58-66,81H,6-13,36,39-45H2,1-5H3,(H2,77,79,82)(H2,78,80,83)/t58?,59?,60?,61-,62?,63+,64+,65+,66-/m0/s1. The first-order valence-electron chi connectivity index (χ1n) is 32.0. The molecule has 8 rings (SSSR count). The Kier molecular flexibility index (Phi) is 28.4. The fourth-order valence-electron chi connectivity index (χ4n) is 11.1. The molecule has 528 valence electrons. The first-order valence-corrected chi connectivity index (χ1v) is 33.6. The number of amides is 4. The number of unbranched alkanes of at least 4 members (excludes halogenated alkanes) is 7. The number of rotatable bonds is 35. The van der Waals surface area contributed by atoms with Gasteiger partial charge in [-0.05, 0) is 114 Å². The zero-order valence-electron chi connectivity index (χ0n) is 54.7. The molecule has 0 aromatic heterocycles. The second-order valence-electron chi connectivity index (χ2n) is 23.4. The summed E-state index contributed by atoms with van der Waals surface area (Å²) in [6.45, 7) is 0.780. The number of methoxy groups -OCH3 is 4. The largest absolute Gasteiger partial charge is 0.497 e. The number of sulfonamides is 1. The van der Waals surface area contributed by atoms with E-state index < -0.39 is 107 Å². The summed E-state index contributed by atoms with van der Waals surface area (Å²) >= 11 is 0. The average Bonchev–Trinajstić information content (AvgIpc) is 0.778. The van der Waals surface area contributed by atoms with E-state index in [2.05, 4.69) is 32.9 Å². The number of urea groups is 2. The topological polar surface area (TPSA) is 230 Å². The van der Waals surface area contributed by atoms with Gasteiger partial charge >= 0.3 is 24.4 Å². The van der Waals surface area contributed by atoms with E-state index in [9.17, 15) is 44.3 Å². The summed E-state index contributed by atoms with van der Waals surface area (Å²) in [5.41, 5.74) is 0.0419. The summed E-state index contributed by atoms with van der Waals surface area (Å²) in [6, 6.07) is 29.1. The number of anilines is 2. The van der Waals surface area contributed by atoms with E-state index in [1.807, 2.05) is 0 Å². The molecule has 9 atom stereocenters. The summed E-state index contributed by atoms with van der Waals surface area (Å²) in [4.78, 5) is 29.1. The molecule has 0 radical (unpaired) electrons. The third-order valence-electron chi connectivity index (χ3n) is 16.3. The zero-order valence-corrected chi connectivity index (χ0v) is 55.5. The van der Waals surface area contributed by atoms with Crippen LogP contribution in [0, 0.1) is 0 Å². The van der Waals surface area contributed by atoms with Gasteiger partial charge in [0.1, 0.15) is 53.5 Å². The van der Waals surface area contributed by atoms with Crippen molar-refractivity contribution in [3.63, 3.8) is 0 Å². The Bertz CT molecular complexity index is 3490. The predicted molar refractivity (Wildman–Crippen MR) is 350 cm³/mol. The lowest BCUT2D eigenvalue weighted by Crippen LogP contribution is -2.71. The fourth-order valence-corrected chi connectivity index (χ4v) is 12.5. The minimum Gasteiger partial charge on any atom is -0.497 e. The number of ether oxygens (including phenoxy) is 11. The van der Waals surface area contributed by atoms with Crippen LogP contribution in [0.25, 0.3) is 0 Å². The van der Waals surface area contributed by atoms with E-state index in [1.165, 1.54) is 40.6 Å². The molecule has 5 N–H and O–H groups in total. The van der Waals surface area contributed by atoms with Crippen LogP contribution in [0.4, 0.5) is 47.3 Å². The highest BCUT2D eigenvalue weighted by atomic mass is 32.2. The minimum atomic E-state index is -4.80. The quantitative estimate of drug-likeness (QED) is 0.0184. The Balaban J connectivity index is 1.24. The normalized spacial score (nSPS) is 20.5. The van der Waals surface area contributed by atoms with Gasteiger partial charge in [-0.3, -0.25) is 0 Å². The average molecular weight is 1380 g/mol. The first-order chi connectivity index (χ1) is 46.6. The highest BCUT2D eigenvalue weighted by molar-refractivity contribution is 7.89. The fraction of sp³-hybridized carbons (Fsp3) is 0.457. The van der Waals surface area contributed by atoms with Gasteiger partial charge in [-0.25, -0.2) is 22.7 Å². The molecule has 20 nitrogen and oxygen atoms in total. The van der Waals surface area contributed by atoms with E-state index in [0.29, 0.717) is 46.1 Å². The van der Waals surface area contributed by atoms with E-state index >= 15 is 0 Å². The maximum Gasteiger partial charge on any atom is 0.416 e. The molecule has 2 heterocycles. The highest BCUT2D eigenvalue weighted by Gasteiger charge is 2.53. The Labute approximate surface area is 561 Å². The van der Waals surface area contributed by atoms with E-state index in [0.717, 1.165) is 80.5 Å². The molecule has 0 saturated carbocycles. The van der Waals surface area contributed by atoms with Crippen molar-refractivity contribution >= 4 is 33.5 Å². The Hall–Kier alpha value is -7.73. The van der Waals surface area contributed by atoms with E-state index in [4.69, 9.17) is 52.1 Å². The van der Waals surface area contributed by atoms with Gasteiger partial charge in [0.15, 0.2) is 6.29 Å². The van der Waals surface area contributed by atoms with Gasteiger partial charge in [0.2, 0.25) is 10.0 Å². The second kappa shape index (κ2) is 36.7.